The molecule has 3 N–H and O–H groups in total. The number of aromatic nitrogens is 3. The number of amides is 1. The van der Waals surface area contributed by atoms with Crippen LogP contribution in [0.15, 0.2) is 24.3 Å². The second kappa shape index (κ2) is 8.28. The van der Waals surface area contributed by atoms with Crippen molar-refractivity contribution in [3.05, 3.63) is 35.7 Å². The molecule has 1 fully saturated rings. The van der Waals surface area contributed by atoms with E-state index in [1.54, 1.807) is 18.7 Å². The number of aliphatic hydroxyl groups is 1. The van der Waals surface area contributed by atoms with E-state index < -0.39 is 6.10 Å². The Bertz CT molecular complexity index is 719. The molecule has 1 amide bonds. The summed E-state index contributed by atoms with van der Waals surface area (Å²) in [6.45, 7) is 3.46. The Morgan fingerprint density at radius 3 is 2.72 bits per heavy atom. The van der Waals surface area contributed by atoms with Crippen LogP contribution in [0, 0.1) is 12.8 Å². The largest absolute Gasteiger partial charge is 0.497 e. The van der Waals surface area contributed by atoms with E-state index in [1.807, 2.05) is 24.3 Å². The van der Waals surface area contributed by atoms with E-state index in [0.29, 0.717) is 25.3 Å². The quantitative estimate of drug-likeness (QED) is 0.703. The molecule has 1 saturated heterocycles. The number of carbonyl (C=O) groups excluding carboxylic acids is 1. The van der Waals surface area contributed by atoms with Crippen LogP contribution in [0.2, 0.25) is 0 Å². The third-order valence-electron chi connectivity index (χ3n) is 4.26. The summed E-state index contributed by atoms with van der Waals surface area (Å²) in [5.74, 6) is 0.482. The van der Waals surface area contributed by atoms with Crippen molar-refractivity contribution in [3.63, 3.8) is 0 Å². The lowest BCUT2D eigenvalue weighted by Gasteiger charge is -2.13. The van der Waals surface area contributed by atoms with Crippen LogP contribution < -0.4 is 15.4 Å². The predicted octanol–water partition coefficient (Wildman–Crippen LogP) is 0.316. The first-order valence-corrected chi connectivity index (χ1v) is 7.84. The van der Waals surface area contributed by atoms with Crippen molar-refractivity contribution >= 4 is 18.3 Å². The molecule has 8 nitrogen and oxygen atoms in total. The van der Waals surface area contributed by atoms with Gasteiger partial charge in [-0.25, -0.2) is 4.68 Å². The fourth-order valence-corrected chi connectivity index (χ4v) is 2.74. The van der Waals surface area contributed by atoms with Crippen molar-refractivity contribution in [2.75, 3.05) is 26.7 Å². The van der Waals surface area contributed by atoms with Crippen LogP contribution in [0.3, 0.4) is 0 Å². The Balaban J connectivity index is 0.00000225. The van der Waals surface area contributed by atoms with Gasteiger partial charge in [0.1, 0.15) is 5.75 Å². The summed E-state index contributed by atoms with van der Waals surface area (Å²) in [6, 6.07) is 7.35. The first-order chi connectivity index (χ1) is 11.6. The number of methoxy groups -OCH3 is 1. The molecule has 9 heteroatoms. The van der Waals surface area contributed by atoms with Crippen molar-refractivity contribution < 1.29 is 14.6 Å². The zero-order valence-corrected chi connectivity index (χ0v) is 14.9. The van der Waals surface area contributed by atoms with Gasteiger partial charge in [-0.05, 0) is 31.2 Å². The highest BCUT2D eigenvalue weighted by molar-refractivity contribution is 5.93. The van der Waals surface area contributed by atoms with Crippen LogP contribution >= 0.6 is 12.4 Å². The number of hydrogen-bond donors (Lipinski definition) is 3. The maximum absolute atomic E-state index is 12.3. The van der Waals surface area contributed by atoms with Gasteiger partial charge in [0, 0.05) is 25.6 Å². The van der Waals surface area contributed by atoms with Crippen molar-refractivity contribution in [1.29, 1.82) is 0 Å². The molecule has 1 aliphatic heterocycles. The van der Waals surface area contributed by atoms with Gasteiger partial charge in [-0.15, -0.1) is 17.5 Å². The van der Waals surface area contributed by atoms with Crippen molar-refractivity contribution in [1.82, 2.24) is 25.6 Å². The summed E-state index contributed by atoms with van der Waals surface area (Å²) in [4.78, 5) is 12.3. The second-order valence-corrected chi connectivity index (χ2v) is 5.83. The number of carbonyl (C=O) groups is 1. The molecule has 0 saturated carbocycles. The predicted molar refractivity (Wildman–Crippen MR) is 94.6 cm³/mol. The van der Waals surface area contributed by atoms with E-state index in [2.05, 4.69) is 20.9 Å². The highest BCUT2D eigenvalue weighted by Crippen LogP contribution is 2.17. The molecule has 25 heavy (non-hydrogen) atoms. The number of hydrogen-bond acceptors (Lipinski definition) is 6. The second-order valence-electron chi connectivity index (χ2n) is 5.83. The van der Waals surface area contributed by atoms with Gasteiger partial charge >= 0.3 is 0 Å². The van der Waals surface area contributed by atoms with Crippen LogP contribution in [0.25, 0.3) is 5.69 Å². The first kappa shape index (κ1) is 19.2. The summed E-state index contributed by atoms with van der Waals surface area (Å²) < 4.78 is 6.74. The monoisotopic (exact) mass is 367 g/mol. The number of rotatable bonds is 5. The van der Waals surface area contributed by atoms with E-state index in [1.165, 1.54) is 0 Å². The third-order valence-corrected chi connectivity index (χ3v) is 4.26. The molecule has 136 valence electrons. The molecular weight excluding hydrogens is 346 g/mol. The standard InChI is InChI=1S/C16H21N5O3.ClH/c1-10-15(16(23)18-8-11-7-17-9-14(11)22)19-20-21(10)12-3-5-13(24-2)6-4-12;/h3-6,11,14,17,22H,7-9H2,1-2H3,(H,18,23);1H. The molecule has 0 spiro atoms. The van der Waals surface area contributed by atoms with Gasteiger partial charge in [-0.3, -0.25) is 4.79 Å². The molecule has 2 heterocycles. The maximum Gasteiger partial charge on any atom is 0.273 e. The summed E-state index contributed by atoms with van der Waals surface area (Å²) in [5.41, 5.74) is 1.74. The molecule has 2 unspecified atom stereocenters. The summed E-state index contributed by atoms with van der Waals surface area (Å²) in [5, 5.41) is 23.7. The van der Waals surface area contributed by atoms with Crippen LogP contribution in [-0.4, -0.2) is 58.9 Å². The fraction of sp³-hybridized carbons (Fsp3) is 0.438. The van der Waals surface area contributed by atoms with E-state index in [4.69, 9.17) is 4.74 Å². The van der Waals surface area contributed by atoms with Gasteiger partial charge in [-0.2, -0.15) is 0 Å². The summed E-state index contributed by atoms with van der Waals surface area (Å²) >= 11 is 0. The van der Waals surface area contributed by atoms with Crippen molar-refractivity contribution in [3.8, 4) is 11.4 Å². The maximum atomic E-state index is 12.3. The minimum absolute atomic E-state index is 0. The van der Waals surface area contributed by atoms with Gasteiger partial charge < -0.3 is 20.5 Å². The molecule has 2 atom stereocenters. The number of halogens is 1. The van der Waals surface area contributed by atoms with Crippen LogP contribution in [-0.2, 0) is 0 Å². The zero-order valence-electron chi connectivity index (χ0n) is 14.1. The van der Waals surface area contributed by atoms with Crippen LogP contribution in [0.1, 0.15) is 16.2 Å². The molecule has 1 aromatic heterocycles. The van der Waals surface area contributed by atoms with Gasteiger partial charge in [0.15, 0.2) is 5.69 Å². The zero-order chi connectivity index (χ0) is 17.1. The highest BCUT2D eigenvalue weighted by atomic mass is 35.5. The lowest BCUT2D eigenvalue weighted by atomic mass is 10.1. The molecule has 0 bridgehead atoms. The van der Waals surface area contributed by atoms with E-state index >= 15 is 0 Å². The number of nitrogens with one attached hydrogen (secondary N) is 2. The molecule has 1 aromatic carbocycles. The third kappa shape index (κ3) is 4.09. The van der Waals surface area contributed by atoms with Gasteiger partial charge in [0.05, 0.1) is 24.6 Å². The molecule has 3 rings (SSSR count). The van der Waals surface area contributed by atoms with Crippen LogP contribution in [0.4, 0.5) is 0 Å². The normalized spacial score (nSPS) is 19.3. The van der Waals surface area contributed by atoms with Gasteiger partial charge in [0.2, 0.25) is 0 Å². The van der Waals surface area contributed by atoms with Crippen molar-refractivity contribution in [2.45, 2.75) is 13.0 Å². The Kier molecular flexibility index (Phi) is 6.35. The summed E-state index contributed by atoms with van der Waals surface area (Å²) in [6.07, 6.45) is -0.429. The van der Waals surface area contributed by atoms with E-state index in [-0.39, 0.29) is 29.9 Å². The molecule has 0 aliphatic carbocycles. The number of ether oxygens (including phenoxy) is 1. The minimum Gasteiger partial charge on any atom is -0.497 e. The Hall–Kier alpha value is -2.16. The topological polar surface area (TPSA) is 101 Å². The number of benzene rings is 1. The number of aliphatic hydroxyl groups excluding tert-OH is 1. The van der Waals surface area contributed by atoms with Crippen molar-refractivity contribution in [2.24, 2.45) is 5.92 Å². The lowest BCUT2D eigenvalue weighted by Crippen LogP contribution is -2.34. The Labute approximate surface area is 152 Å². The highest BCUT2D eigenvalue weighted by Gasteiger charge is 2.26. The average molecular weight is 368 g/mol. The fourth-order valence-electron chi connectivity index (χ4n) is 2.74. The van der Waals surface area contributed by atoms with Gasteiger partial charge in [0.25, 0.3) is 5.91 Å². The smallest absolute Gasteiger partial charge is 0.273 e. The Morgan fingerprint density at radius 1 is 1.40 bits per heavy atom. The van der Waals surface area contributed by atoms with Gasteiger partial charge in [-0.1, -0.05) is 5.21 Å². The molecule has 1 aliphatic rings. The minimum atomic E-state index is -0.429. The van der Waals surface area contributed by atoms with E-state index in [0.717, 1.165) is 11.4 Å². The lowest BCUT2D eigenvalue weighted by molar-refractivity contribution is 0.0921. The molecular formula is C16H22ClN5O3. The van der Waals surface area contributed by atoms with E-state index in [9.17, 15) is 9.90 Å². The number of β-amino-alcohol motifs (C(OH)–C–C–N with tert-alkyl or cyclic N) is 1. The summed E-state index contributed by atoms with van der Waals surface area (Å²) in [7, 11) is 1.61. The number of nitrogens with zero attached hydrogens (tertiary/aromatic N) is 3. The van der Waals surface area contributed by atoms with Crippen LogP contribution in [0.5, 0.6) is 5.75 Å². The molecule has 2 aromatic rings. The Morgan fingerprint density at radius 2 is 2.12 bits per heavy atom. The molecule has 0 radical (unpaired) electrons. The average Bonchev–Trinajstić information content (AvgIpc) is 3.18. The first-order valence-electron chi connectivity index (χ1n) is 7.84. The SMILES string of the molecule is COc1ccc(-n2nnc(C(=O)NCC3CNCC3O)c2C)cc1.Cl.